The van der Waals surface area contributed by atoms with Gasteiger partial charge in [-0.1, -0.05) is 224 Å². The van der Waals surface area contributed by atoms with Crippen molar-refractivity contribution >= 4 is 60.4 Å². The molecule has 0 aliphatic rings. The third-order valence-corrected chi connectivity index (χ3v) is 14.0. The Kier molecular flexibility index (Phi) is 10.2. The van der Waals surface area contributed by atoms with Gasteiger partial charge >= 0.3 is 0 Å². The zero-order valence-electron chi connectivity index (χ0n) is 38.5. The number of rotatable bonds is 9. The third-order valence-electron chi connectivity index (χ3n) is 14.0. The molecule has 328 valence electrons. The van der Waals surface area contributed by atoms with Crippen molar-refractivity contribution < 1.29 is 0 Å². The molecule has 0 fully saturated rings. The van der Waals surface area contributed by atoms with Gasteiger partial charge in [-0.25, -0.2) is 0 Å². The maximum atomic E-state index is 2.45. The lowest BCUT2D eigenvalue weighted by atomic mass is 9.96. The summed E-state index contributed by atoms with van der Waals surface area (Å²) in [5, 5.41) is 7.48. The molecular formula is C68H46N2. The Morgan fingerprint density at radius 1 is 0.257 bits per heavy atom. The van der Waals surface area contributed by atoms with E-state index in [1.54, 1.807) is 0 Å². The number of anilines is 3. The van der Waals surface area contributed by atoms with E-state index in [-0.39, 0.29) is 0 Å². The average Bonchev–Trinajstić information content (AvgIpc) is 3.79. The number of nitrogens with zero attached hydrogens (tertiary/aromatic N) is 2. The highest BCUT2D eigenvalue weighted by Gasteiger charge is 2.20. The summed E-state index contributed by atoms with van der Waals surface area (Å²) in [6.45, 7) is 0. The van der Waals surface area contributed by atoms with Crippen molar-refractivity contribution in [1.82, 2.24) is 4.57 Å². The quantitative estimate of drug-likeness (QED) is 0.140. The van der Waals surface area contributed by atoms with Gasteiger partial charge in [0.05, 0.1) is 11.0 Å². The molecule has 0 atom stereocenters. The lowest BCUT2D eigenvalue weighted by Gasteiger charge is -2.26. The Morgan fingerprint density at radius 3 is 1.36 bits per heavy atom. The van der Waals surface area contributed by atoms with Gasteiger partial charge in [0, 0.05) is 38.9 Å². The topological polar surface area (TPSA) is 8.17 Å². The van der Waals surface area contributed by atoms with Crippen molar-refractivity contribution in [3.8, 4) is 61.3 Å². The zero-order valence-corrected chi connectivity index (χ0v) is 38.5. The maximum Gasteiger partial charge on any atom is 0.0619 e. The van der Waals surface area contributed by atoms with Crippen LogP contribution >= 0.6 is 0 Å². The minimum absolute atomic E-state index is 1.08. The third kappa shape index (κ3) is 7.31. The first kappa shape index (κ1) is 41.0. The summed E-state index contributed by atoms with van der Waals surface area (Å²) in [5.74, 6) is 0. The molecule has 2 heteroatoms. The summed E-state index contributed by atoms with van der Waals surface area (Å²) in [4.78, 5) is 2.39. The fourth-order valence-electron chi connectivity index (χ4n) is 10.6. The van der Waals surface area contributed by atoms with Gasteiger partial charge in [0.1, 0.15) is 0 Å². The number of para-hydroxylation sites is 1. The van der Waals surface area contributed by atoms with Crippen molar-refractivity contribution in [3.05, 3.63) is 279 Å². The molecule has 0 spiro atoms. The van der Waals surface area contributed by atoms with Gasteiger partial charge < -0.3 is 9.47 Å². The molecule has 1 heterocycles. The maximum absolute atomic E-state index is 2.45. The van der Waals surface area contributed by atoms with Crippen LogP contribution in [0.25, 0.3) is 105 Å². The number of hydrogen-bond acceptors (Lipinski definition) is 1. The van der Waals surface area contributed by atoms with Crippen LogP contribution < -0.4 is 4.90 Å². The van der Waals surface area contributed by atoms with E-state index >= 15 is 0 Å². The summed E-state index contributed by atoms with van der Waals surface area (Å²) in [6.07, 6.45) is 0. The zero-order chi connectivity index (χ0) is 46.4. The normalized spacial score (nSPS) is 11.4. The van der Waals surface area contributed by atoms with Crippen molar-refractivity contribution in [3.63, 3.8) is 0 Å². The first-order valence-corrected chi connectivity index (χ1v) is 24.1. The molecule has 70 heavy (non-hydrogen) atoms. The van der Waals surface area contributed by atoms with Crippen LogP contribution in [0.4, 0.5) is 17.1 Å². The highest BCUT2D eigenvalue weighted by Crippen LogP contribution is 2.44. The largest absolute Gasteiger partial charge is 0.310 e. The van der Waals surface area contributed by atoms with E-state index in [1.165, 1.54) is 93.4 Å². The highest BCUT2D eigenvalue weighted by atomic mass is 15.1. The molecule has 0 aliphatic heterocycles. The number of aromatic nitrogens is 1. The van der Waals surface area contributed by atoms with Crippen molar-refractivity contribution in [2.75, 3.05) is 4.90 Å². The molecular weight excluding hydrogens is 845 g/mol. The minimum Gasteiger partial charge on any atom is -0.310 e. The number of fused-ring (bicyclic) bond motifs is 6. The molecule has 1 aromatic heterocycles. The van der Waals surface area contributed by atoms with Gasteiger partial charge in [0.25, 0.3) is 0 Å². The van der Waals surface area contributed by atoms with Crippen LogP contribution in [-0.2, 0) is 0 Å². The molecule has 13 aromatic rings. The second kappa shape index (κ2) is 17.4. The molecule has 12 aromatic carbocycles. The fraction of sp³-hybridized carbons (Fsp3) is 0. The first-order valence-electron chi connectivity index (χ1n) is 24.1. The highest BCUT2D eigenvalue weighted by molar-refractivity contribution is 6.22. The molecule has 0 aliphatic carbocycles. The van der Waals surface area contributed by atoms with Gasteiger partial charge in [0.15, 0.2) is 0 Å². The Balaban J connectivity index is 0.909. The van der Waals surface area contributed by atoms with Crippen LogP contribution in [0, 0.1) is 0 Å². The standard InChI is InChI=1S/C68H46N2/c1-3-14-47(15-4-1)48-28-30-49(31-29-48)51-36-41-58(42-37-51)69(59-43-38-52(39-44-59)50-32-34-55(35-33-50)62-25-12-18-53-16-7-9-23-61(53)62)60-22-11-19-56(46-60)63-26-13-27-66-67(63)65-45-40-54-17-8-10-24-64(54)68(65)70(66)57-20-5-2-6-21-57/h1-46H. The summed E-state index contributed by atoms with van der Waals surface area (Å²) < 4.78 is 2.45. The van der Waals surface area contributed by atoms with E-state index in [0.717, 1.165) is 28.3 Å². The fourth-order valence-corrected chi connectivity index (χ4v) is 10.6. The SMILES string of the molecule is c1ccc(-c2ccc(-c3ccc(N(c4ccc(-c5ccc(-c6cccc7ccccc67)cc5)cc4)c4cccc(-c5cccc6c5c5ccc7ccccc7c5n6-c5ccccc5)c4)cc3)cc2)cc1. The van der Waals surface area contributed by atoms with Crippen LogP contribution in [0.15, 0.2) is 279 Å². The second-order valence-corrected chi connectivity index (χ2v) is 18.1. The number of hydrogen-bond donors (Lipinski definition) is 0. The van der Waals surface area contributed by atoms with E-state index in [9.17, 15) is 0 Å². The van der Waals surface area contributed by atoms with E-state index in [0.29, 0.717) is 0 Å². The van der Waals surface area contributed by atoms with Crippen molar-refractivity contribution in [2.24, 2.45) is 0 Å². The first-order chi connectivity index (χ1) is 34.7. The summed E-state index contributed by atoms with van der Waals surface area (Å²) in [5.41, 5.74) is 18.8. The summed E-state index contributed by atoms with van der Waals surface area (Å²) in [7, 11) is 0. The smallest absolute Gasteiger partial charge is 0.0619 e. The molecule has 0 N–H and O–H groups in total. The molecule has 0 radical (unpaired) electrons. The van der Waals surface area contributed by atoms with Crippen LogP contribution in [0.2, 0.25) is 0 Å². The van der Waals surface area contributed by atoms with E-state index < -0.39 is 0 Å². The molecule has 2 nitrogen and oxygen atoms in total. The van der Waals surface area contributed by atoms with Crippen LogP contribution in [0.3, 0.4) is 0 Å². The Hall–Kier alpha value is -9.24. The molecule has 0 unspecified atom stereocenters. The van der Waals surface area contributed by atoms with Crippen LogP contribution in [-0.4, -0.2) is 4.57 Å². The molecule has 0 amide bonds. The molecule has 0 saturated carbocycles. The minimum atomic E-state index is 1.08. The van der Waals surface area contributed by atoms with E-state index in [2.05, 4.69) is 289 Å². The monoisotopic (exact) mass is 890 g/mol. The van der Waals surface area contributed by atoms with Crippen LogP contribution in [0.5, 0.6) is 0 Å². The van der Waals surface area contributed by atoms with Gasteiger partial charge in [-0.15, -0.1) is 0 Å². The van der Waals surface area contributed by atoms with Gasteiger partial charge in [0.2, 0.25) is 0 Å². The Morgan fingerprint density at radius 2 is 0.714 bits per heavy atom. The average molecular weight is 891 g/mol. The van der Waals surface area contributed by atoms with E-state index in [4.69, 9.17) is 0 Å². The molecule has 0 saturated heterocycles. The van der Waals surface area contributed by atoms with Gasteiger partial charge in [-0.3, -0.25) is 0 Å². The Labute approximate surface area is 408 Å². The second-order valence-electron chi connectivity index (χ2n) is 18.1. The number of benzene rings is 12. The van der Waals surface area contributed by atoms with Gasteiger partial charge in [-0.05, 0) is 126 Å². The summed E-state index contributed by atoms with van der Waals surface area (Å²) >= 11 is 0. The van der Waals surface area contributed by atoms with Crippen LogP contribution in [0.1, 0.15) is 0 Å². The van der Waals surface area contributed by atoms with Crippen molar-refractivity contribution in [2.45, 2.75) is 0 Å². The van der Waals surface area contributed by atoms with Gasteiger partial charge in [-0.2, -0.15) is 0 Å². The lowest BCUT2D eigenvalue weighted by molar-refractivity contribution is 1.19. The predicted molar refractivity (Wildman–Crippen MR) is 298 cm³/mol. The Bertz CT molecular complexity index is 4000. The van der Waals surface area contributed by atoms with E-state index in [1.807, 2.05) is 0 Å². The summed E-state index contributed by atoms with van der Waals surface area (Å²) in [6, 6.07) is 102. The van der Waals surface area contributed by atoms with Crippen molar-refractivity contribution in [1.29, 1.82) is 0 Å². The molecule has 13 rings (SSSR count). The lowest BCUT2D eigenvalue weighted by Crippen LogP contribution is -2.10. The molecule has 0 bridgehead atoms. The predicted octanol–water partition coefficient (Wildman–Crippen LogP) is 18.9.